The topological polar surface area (TPSA) is 46.2 Å². The summed E-state index contributed by atoms with van der Waals surface area (Å²) in [5.41, 5.74) is 0.801. The first-order valence-electron chi connectivity index (χ1n) is 4.12. The van der Waals surface area contributed by atoms with Crippen molar-refractivity contribution in [3.63, 3.8) is 0 Å². The maximum atomic E-state index is 11.4. The number of nitrogens with one attached hydrogen (secondary N) is 1. The van der Waals surface area contributed by atoms with Crippen molar-refractivity contribution in [1.82, 2.24) is 5.32 Å². The molecule has 1 aliphatic heterocycles. The molecule has 0 spiro atoms. The monoisotopic (exact) mass is 189 g/mol. The van der Waals surface area contributed by atoms with Gasteiger partial charge in [0.2, 0.25) is 0 Å². The van der Waals surface area contributed by atoms with E-state index in [1.165, 1.54) is 0 Å². The molecule has 0 aromatic carbocycles. The lowest BCUT2D eigenvalue weighted by Crippen LogP contribution is -2.24. The van der Waals surface area contributed by atoms with Gasteiger partial charge in [-0.2, -0.15) is 0 Å². The zero-order chi connectivity index (χ0) is 9.19. The minimum atomic E-state index is -2.85. The maximum absolute atomic E-state index is 11.4. The van der Waals surface area contributed by atoms with Gasteiger partial charge in [-0.25, -0.2) is 8.42 Å². The molecular weight excluding hydrogens is 174 g/mol. The number of rotatable bonds is 3. The lowest BCUT2D eigenvalue weighted by atomic mass is 10.1. The Morgan fingerprint density at radius 3 is 2.75 bits per heavy atom. The van der Waals surface area contributed by atoms with Gasteiger partial charge in [0.05, 0.1) is 11.0 Å². The Kier molecular flexibility index (Phi) is 2.90. The molecule has 1 unspecified atom stereocenters. The highest BCUT2D eigenvalue weighted by Gasteiger charge is 2.32. The van der Waals surface area contributed by atoms with E-state index in [-0.39, 0.29) is 5.25 Å². The van der Waals surface area contributed by atoms with E-state index in [0.717, 1.165) is 18.4 Å². The molecule has 0 saturated carbocycles. The van der Waals surface area contributed by atoms with Crippen LogP contribution >= 0.6 is 0 Å². The van der Waals surface area contributed by atoms with Crippen molar-refractivity contribution in [1.29, 1.82) is 0 Å². The molecule has 1 fully saturated rings. The summed E-state index contributed by atoms with van der Waals surface area (Å²) >= 11 is 0. The summed E-state index contributed by atoms with van der Waals surface area (Å²) in [7, 11) is -1.05. The van der Waals surface area contributed by atoms with Crippen LogP contribution in [0.4, 0.5) is 0 Å². The Hall–Kier alpha value is -0.350. The zero-order valence-corrected chi connectivity index (χ0v) is 8.15. The molecule has 1 N–H and O–H groups in total. The first kappa shape index (κ1) is 9.74. The normalized spacial score (nSPS) is 27.2. The second kappa shape index (κ2) is 3.58. The number of hydrogen-bond acceptors (Lipinski definition) is 3. The standard InChI is InChI=1S/C8H15NO2S/c1-7(6-9-2)8-4-3-5-12(8,10)11/h8-9H,1,3-6H2,2H3. The third kappa shape index (κ3) is 1.87. The molecule has 1 atom stereocenters. The molecule has 70 valence electrons. The largest absolute Gasteiger partial charge is 0.316 e. The number of sulfone groups is 1. The van der Waals surface area contributed by atoms with Gasteiger partial charge in [-0.05, 0) is 25.5 Å². The Labute approximate surface area is 73.8 Å². The maximum Gasteiger partial charge on any atom is 0.157 e. The van der Waals surface area contributed by atoms with E-state index in [1.54, 1.807) is 7.05 Å². The van der Waals surface area contributed by atoms with Crippen LogP contribution in [0, 0.1) is 0 Å². The Morgan fingerprint density at radius 1 is 1.67 bits per heavy atom. The van der Waals surface area contributed by atoms with Gasteiger partial charge in [-0.1, -0.05) is 6.58 Å². The summed E-state index contributed by atoms with van der Waals surface area (Å²) in [4.78, 5) is 0. The summed E-state index contributed by atoms with van der Waals surface area (Å²) in [6.07, 6.45) is 1.54. The van der Waals surface area contributed by atoms with Crippen molar-refractivity contribution in [3.05, 3.63) is 12.2 Å². The fourth-order valence-electron chi connectivity index (χ4n) is 1.59. The lowest BCUT2D eigenvalue weighted by molar-refractivity contribution is 0.594. The highest BCUT2D eigenvalue weighted by molar-refractivity contribution is 7.92. The lowest BCUT2D eigenvalue weighted by Gasteiger charge is -2.11. The summed E-state index contributed by atoms with van der Waals surface area (Å²) in [6.45, 7) is 4.38. The molecule has 0 bridgehead atoms. The first-order chi connectivity index (χ1) is 5.58. The van der Waals surface area contributed by atoms with Crippen LogP contribution < -0.4 is 5.32 Å². The molecule has 0 radical (unpaired) electrons. The van der Waals surface area contributed by atoms with Gasteiger partial charge in [-0.15, -0.1) is 0 Å². The predicted octanol–water partition coefficient (Wildman–Crippen LogP) is 0.339. The van der Waals surface area contributed by atoms with Gasteiger partial charge < -0.3 is 5.32 Å². The SMILES string of the molecule is C=C(CNC)C1CCCS1(=O)=O. The van der Waals surface area contributed by atoms with Gasteiger partial charge in [0.15, 0.2) is 9.84 Å². The fraction of sp³-hybridized carbons (Fsp3) is 0.750. The molecular formula is C8H15NO2S. The molecule has 4 heteroatoms. The molecule has 1 saturated heterocycles. The molecule has 0 aliphatic carbocycles. The Bertz CT molecular complexity index is 269. The van der Waals surface area contributed by atoms with Crippen LogP contribution in [0.3, 0.4) is 0 Å². The van der Waals surface area contributed by atoms with Crippen molar-refractivity contribution in [2.24, 2.45) is 0 Å². The number of hydrogen-bond donors (Lipinski definition) is 1. The van der Waals surface area contributed by atoms with E-state index in [1.807, 2.05) is 0 Å². The molecule has 0 aromatic rings. The van der Waals surface area contributed by atoms with Crippen LogP contribution in [-0.2, 0) is 9.84 Å². The third-order valence-electron chi connectivity index (χ3n) is 2.19. The molecule has 1 rings (SSSR count). The van der Waals surface area contributed by atoms with E-state index in [4.69, 9.17) is 0 Å². The van der Waals surface area contributed by atoms with Crippen molar-refractivity contribution >= 4 is 9.84 Å². The van der Waals surface area contributed by atoms with E-state index in [9.17, 15) is 8.42 Å². The van der Waals surface area contributed by atoms with Crippen LogP contribution in [0.1, 0.15) is 12.8 Å². The van der Waals surface area contributed by atoms with E-state index >= 15 is 0 Å². The molecule has 0 aromatic heterocycles. The summed E-state index contributed by atoms with van der Waals surface area (Å²) in [6, 6.07) is 0. The van der Waals surface area contributed by atoms with Crippen LogP contribution in [-0.4, -0.2) is 33.0 Å². The summed E-state index contributed by atoms with van der Waals surface area (Å²) < 4.78 is 22.8. The second-order valence-corrected chi connectivity index (χ2v) is 5.49. The van der Waals surface area contributed by atoms with Crippen molar-refractivity contribution < 1.29 is 8.42 Å². The van der Waals surface area contributed by atoms with Gasteiger partial charge in [0, 0.05) is 6.54 Å². The van der Waals surface area contributed by atoms with Crippen LogP contribution in [0.15, 0.2) is 12.2 Å². The smallest absolute Gasteiger partial charge is 0.157 e. The van der Waals surface area contributed by atoms with Gasteiger partial charge in [0.25, 0.3) is 0 Å². The van der Waals surface area contributed by atoms with Crippen LogP contribution in [0.2, 0.25) is 0 Å². The quantitative estimate of drug-likeness (QED) is 0.651. The summed E-state index contributed by atoms with van der Waals surface area (Å²) in [5.74, 6) is 0.334. The van der Waals surface area contributed by atoms with Crippen molar-refractivity contribution in [3.8, 4) is 0 Å². The predicted molar refractivity (Wildman–Crippen MR) is 49.9 cm³/mol. The van der Waals surface area contributed by atoms with Gasteiger partial charge in [-0.3, -0.25) is 0 Å². The Morgan fingerprint density at radius 2 is 2.33 bits per heavy atom. The van der Waals surface area contributed by atoms with Crippen LogP contribution in [0.5, 0.6) is 0 Å². The summed E-state index contributed by atoms with van der Waals surface area (Å²) in [5, 5.41) is 2.63. The van der Waals surface area contributed by atoms with E-state index in [0.29, 0.717) is 12.3 Å². The average molecular weight is 189 g/mol. The minimum Gasteiger partial charge on any atom is -0.316 e. The van der Waals surface area contributed by atoms with Crippen LogP contribution in [0.25, 0.3) is 0 Å². The average Bonchev–Trinajstić information content (AvgIpc) is 2.30. The van der Waals surface area contributed by atoms with Crippen molar-refractivity contribution in [2.45, 2.75) is 18.1 Å². The highest BCUT2D eigenvalue weighted by Crippen LogP contribution is 2.24. The highest BCUT2D eigenvalue weighted by atomic mass is 32.2. The third-order valence-corrected chi connectivity index (χ3v) is 4.48. The molecule has 0 amide bonds. The molecule has 1 heterocycles. The number of likely N-dealkylation sites (N-methyl/N-ethyl adjacent to an activating group) is 1. The Balaban J connectivity index is 2.69. The van der Waals surface area contributed by atoms with Gasteiger partial charge in [0.1, 0.15) is 0 Å². The molecule has 1 aliphatic rings. The van der Waals surface area contributed by atoms with Crippen molar-refractivity contribution in [2.75, 3.05) is 19.3 Å². The minimum absolute atomic E-state index is 0.287. The van der Waals surface area contributed by atoms with Gasteiger partial charge >= 0.3 is 0 Å². The zero-order valence-electron chi connectivity index (χ0n) is 7.34. The molecule has 3 nitrogen and oxygen atoms in total. The van der Waals surface area contributed by atoms with E-state index in [2.05, 4.69) is 11.9 Å². The van der Waals surface area contributed by atoms with E-state index < -0.39 is 9.84 Å². The first-order valence-corrected chi connectivity index (χ1v) is 5.83. The second-order valence-electron chi connectivity index (χ2n) is 3.19. The fourth-order valence-corrected chi connectivity index (χ4v) is 3.56. The molecule has 12 heavy (non-hydrogen) atoms.